The summed E-state index contributed by atoms with van der Waals surface area (Å²) in [5, 5.41) is 11.5. The fourth-order valence-corrected chi connectivity index (χ4v) is 1.21. The third-order valence-corrected chi connectivity index (χ3v) is 2.31. The van der Waals surface area contributed by atoms with Gasteiger partial charge in [0.1, 0.15) is 5.82 Å². The van der Waals surface area contributed by atoms with Crippen LogP contribution in [0.2, 0.25) is 0 Å². The number of amides is 1. The van der Waals surface area contributed by atoms with Crippen LogP contribution in [0.1, 0.15) is 19.4 Å². The van der Waals surface area contributed by atoms with E-state index in [0.29, 0.717) is 6.54 Å². The number of rotatable bonds is 4. The van der Waals surface area contributed by atoms with E-state index in [-0.39, 0.29) is 18.1 Å². The average Bonchev–Trinajstić information content (AvgIpc) is 2.30. The summed E-state index contributed by atoms with van der Waals surface area (Å²) < 4.78 is 12.6. The lowest BCUT2D eigenvalue weighted by Gasteiger charge is -2.15. The number of halogens is 1. The van der Waals surface area contributed by atoms with Crippen molar-refractivity contribution in [2.75, 3.05) is 6.54 Å². The first kappa shape index (κ1) is 13.2. The van der Waals surface area contributed by atoms with Crippen LogP contribution in [0.4, 0.5) is 4.39 Å². The van der Waals surface area contributed by atoms with E-state index in [9.17, 15) is 9.18 Å². The van der Waals surface area contributed by atoms with E-state index in [0.717, 1.165) is 5.56 Å². The highest BCUT2D eigenvalue weighted by Crippen LogP contribution is 2.10. The summed E-state index contributed by atoms with van der Waals surface area (Å²) in [5.41, 5.74) is 0.178. The van der Waals surface area contributed by atoms with E-state index >= 15 is 0 Å². The van der Waals surface area contributed by atoms with Crippen molar-refractivity contribution in [1.82, 2.24) is 5.32 Å². The van der Waals surface area contributed by atoms with Crippen LogP contribution in [0.5, 0.6) is 0 Å². The third-order valence-electron chi connectivity index (χ3n) is 2.31. The number of carbonyl (C=O) groups is 1. The molecule has 0 saturated carbocycles. The zero-order chi connectivity index (χ0) is 12.9. The maximum Gasteiger partial charge on any atom is 0.224 e. The molecule has 0 atom stereocenters. The van der Waals surface area contributed by atoms with Crippen molar-refractivity contribution < 1.29 is 9.18 Å². The highest BCUT2D eigenvalue weighted by atomic mass is 19.1. The first-order chi connectivity index (χ1) is 7.93. The molecule has 90 valence electrons. The van der Waals surface area contributed by atoms with Gasteiger partial charge in [-0.25, -0.2) is 4.39 Å². The van der Waals surface area contributed by atoms with Crippen molar-refractivity contribution in [1.29, 1.82) is 5.26 Å². The normalized spacial score (nSPS) is 10.7. The first-order valence-electron chi connectivity index (χ1n) is 5.35. The number of hydrogen-bond acceptors (Lipinski definition) is 2. The van der Waals surface area contributed by atoms with Gasteiger partial charge in [-0.05, 0) is 31.5 Å². The second-order valence-electron chi connectivity index (χ2n) is 4.58. The molecule has 0 unspecified atom stereocenters. The Morgan fingerprint density at radius 3 is 2.53 bits per heavy atom. The number of hydrogen-bond donors (Lipinski definition) is 1. The molecule has 0 spiro atoms. The van der Waals surface area contributed by atoms with Crippen LogP contribution in [-0.2, 0) is 11.2 Å². The molecule has 0 aliphatic heterocycles. The van der Waals surface area contributed by atoms with E-state index in [1.54, 1.807) is 26.0 Å². The average molecular weight is 234 g/mol. The molecule has 1 amide bonds. The second-order valence-corrected chi connectivity index (χ2v) is 4.58. The largest absolute Gasteiger partial charge is 0.354 e. The van der Waals surface area contributed by atoms with Crippen molar-refractivity contribution in [3.05, 3.63) is 35.6 Å². The number of nitrogens with one attached hydrogen (secondary N) is 1. The number of benzene rings is 1. The van der Waals surface area contributed by atoms with Gasteiger partial charge in [0.2, 0.25) is 5.91 Å². The molecule has 3 nitrogen and oxygen atoms in total. The lowest BCUT2D eigenvalue weighted by Crippen LogP contribution is -2.34. The highest BCUT2D eigenvalue weighted by molar-refractivity contribution is 5.78. The number of nitrogens with zero attached hydrogens (tertiary/aromatic N) is 1. The van der Waals surface area contributed by atoms with Crippen LogP contribution in [0.3, 0.4) is 0 Å². The Balaban J connectivity index is 2.46. The molecule has 0 heterocycles. The van der Waals surface area contributed by atoms with Gasteiger partial charge in [-0.3, -0.25) is 4.79 Å². The van der Waals surface area contributed by atoms with Gasteiger partial charge in [0, 0.05) is 6.54 Å². The molecular formula is C13H15FN2O. The second kappa shape index (κ2) is 5.44. The van der Waals surface area contributed by atoms with Crippen molar-refractivity contribution in [2.24, 2.45) is 5.41 Å². The molecule has 0 aliphatic carbocycles. The Labute approximate surface area is 100 Å². The van der Waals surface area contributed by atoms with Crippen LogP contribution in [0, 0.1) is 22.6 Å². The van der Waals surface area contributed by atoms with Crippen LogP contribution in [-0.4, -0.2) is 12.5 Å². The minimum absolute atomic E-state index is 0.167. The van der Waals surface area contributed by atoms with Crippen LogP contribution in [0.15, 0.2) is 24.3 Å². The van der Waals surface area contributed by atoms with Crippen LogP contribution in [0.25, 0.3) is 0 Å². The summed E-state index contributed by atoms with van der Waals surface area (Å²) in [6, 6.07) is 7.89. The molecule has 1 aromatic carbocycles. The quantitative estimate of drug-likeness (QED) is 0.866. The van der Waals surface area contributed by atoms with Gasteiger partial charge in [-0.2, -0.15) is 5.26 Å². The topological polar surface area (TPSA) is 52.9 Å². The van der Waals surface area contributed by atoms with Gasteiger partial charge in [0.05, 0.1) is 17.9 Å². The van der Waals surface area contributed by atoms with Crippen molar-refractivity contribution in [3.63, 3.8) is 0 Å². The maximum atomic E-state index is 12.6. The fraction of sp³-hybridized carbons (Fsp3) is 0.385. The standard InChI is InChI=1S/C13H15FN2O/c1-13(2,8-15)9-16-12(17)7-10-3-5-11(14)6-4-10/h3-6H,7,9H2,1-2H3,(H,16,17). The van der Waals surface area contributed by atoms with E-state index < -0.39 is 5.41 Å². The predicted molar refractivity (Wildman–Crippen MR) is 62.5 cm³/mol. The Kier molecular flexibility index (Phi) is 4.22. The fourth-order valence-electron chi connectivity index (χ4n) is 1.21. The molecule has 4 heteroatoms. The molecule has 17 heavy (non-hydrogen) atoms. The predicted octanol–water partition coefficient (Wildman–Crippen LogP) is 2.03. The van der Waals surface area contributed by atoms with E-state index in [1.807, 2.05) is 0 Å². The summed E-state index contributed by atoms with van der Waals surface area (Å²) in [6.07, 6.45) is 0.196. The minimum atomic E-state index is -0.571. The molecule has 0 aromatic heterocycles. The van der Waals surface area contributed by atoms with Gasteiger partial charge >= 0.3 is 0 Å². The summed E-state index contributed by atoms with van der Waals surface area (Å²) in [5.74, 6) is -0.486. The Morgan fingerprint density at radius 1 is 1.41 bits per heavy atom. The van der Waals surface area contributed by atoms with Crippen molar-refractivity contribution in [3.8, 4) is 6.07 Å². The van der Waals surface area contributed by atoms with E-state index in [2.05, 4.69) is 11.4 Å². The molecule has 1 rings (SSSR count). The number of carbonyl (C=O) groups excluding carboxylic acids is 1. The number of nitriles is 1. The maximum absolute atomic E-state index is 12.6. The molecule has 1 aromatic rings. The smallest absolute Gasteiger partial charge is 0.224 e. The zero-order valence-corrected chi connectivity index (χ0v) is 9.96. The van der Waals surface area contributed by atoms with Crippen LogP contribution >= 0.6 is 0 Å². The van der Waals surface area contributed by atoms with Gasteiger partial charge in [-0.15, -0.1) is 0 Å². The molecule has 0 fully saturated rings. The van der Waals surface area contributed by atoms with E-state index in [4.69, 9.17) is 5.26 Å². The minimum Gasteiger partial charge on any atom is -0.354 e. The first-order valence-corrected chi connectivity index (χ1v) is 5.35. The van der Waals surface area contributed by atoms with Gasteiger partial charge in [0.15, 0.2) is 0 Å². The molecule has 0 radical (unpaired) electrons. The third kappa shape index (κ3) is 4.64. The Bertz CT molecular complexity index is 432. The molecular weight excluding hydrogens is 219 g/mol. The van der Waals surface area contributed by atoms with Crippen LogP contribution < -0.4 is 5.32 Å². The SMILES string of the molecule is CC(C)(C#N)CNC(=O)Cc1ccc(F)cc1. The van der Waals surface area contributed by atoms with Crippen molar-refractivity contribution >= 4 is 5.91 Å². The summed E-state index contributed by atoms with van der Waals surface area (Å²) in [4.78, 5) is 11.5. The summed E-state index contributed by atoms with van der Waals surface area (Å²) in [7, 11) is 0. The summed E-state index contributed by atoms with van der Waals surface area (Å²) in [6.45, 7) is 3.82. The molecule has 0 bridgehead atoms. The molecule has 0 aliphatic rings. The lowest BCUT2D eigenvalue weighted by molar-refractivity contribution is -0.120. The molecule has 1 N–H and O–H groups in total. The lowest BCUT2D eigenvalue weighted by atomic mass is 9.96. The summed E-state index contributed by atoms with van der Waals surface area (Å²) >= 11 is 0. The van der Waals surface area contributed by atoms with Gasteiger partial charge in [0.25, 0.3) is 0 Å². The monoisotopic (exact) mass is 234 g/mol. The van der Waals surface area contributed by atoms with Crippen molar-refractivity contribution in [2.45, 2.75) is 20.3 Å². The van der Waals surface area contributed by atoms with Gasteiger partial charge < -0.3 is 5.32 Å². The van der Waals surface area contributed by atoms with E-state index in [1.165, 1.54) is 12.1 Å². The highest BCUT2D eigenvalue weighted by Gasteiger charge is 2.17. The molecule has 0 saturated heterocycles. The Hall–Kier alpha value is -1.89. The van der Waals surface area contributed by atoms with Gasteiger partial charge in [-0.1, -0.05) is 12.1 Å². The Morgan fingerprint density at radius 2 is 2.00 bits per heavy atom. The zero-order valence-electron chi connectivity index (χ0n) is 9.96.